The van der Waals surface area contributed by atoms with Crippen LogP contribution in [0.5, 0.6) is 0 Å². The molecule has 112 valence electrons. The number of ketones is 1. The van der Waals surface area contributed by atoms with Crippen molar-refractivity contribution in [2.75, 3.05) is 0 Å². The van der Waals surface area contributed by atoms with E-state index in [-0.39, 0.29) is 5.41 Å². The standard InChI is InChI=1S/C19H30O/c1-18-11-4-6-15(18)14-9-8-13-5-3-7-17(20)19(13,2)16(14)10-12-18/h13-16H,3-12H2,1-2H3. The maximum Gasteiger partial charge on any atom is 0.139 e. The van der Waals surface area contributed by atoms with Crippen molar-refractivity contribution >= 4 is 5.78 Å². The molecule has 4 saturated carbocycles. The minimum Gasteiger partial charge on any atom is -0.299 e. The van der Waals surface area contributed by atoms with Gasteiger partial charge in [0.05, 0.1) is 0 Å². The summed E-state index contributed by atoms with van der Waals surface area (Å²) in [6.07, 6.45) is 13.2. The van der Waals surface area contributed by atoms with Crippen LogP contribution in [0.25, 0.3) is 0 Å². The summed E-state index contributed by atoms with van der Waals surface area (Å²) in [6.45, 7) is 4.92. The summed E-state index contributed by atoms with van der Waals surface area (Å²) in [4.78, 5) is 12.8. The first-order valence-electron chi connectivity index (χ1n) is 9.09. The van der Waals surface area contributed by atoms with Crippen LogP contribution in [0, 0.1) is 34.5 Å². The topological polar surface area (TPSA) is 17.1 Å². The third kappa shape index (κ3) is 1.58. The van der Waals surface area contributed by atoms with Crippen molar-refractivity contribution in [3.63, 3.8) is 0 Å². The zero-order valence-corrected chi connectivity index (χ0v) is 13.3. The Labute approximate surface area is 123 Å². The van der Waals surface area contributed by atoms with E-state index in [1.165, 1.54) is 51.4 Å². The number of carbonyl (C=O) groups is 1. The minimum absolute atomic E-state index is 0.0606. The fourth-order valence-corrected chi connectivity index (χ4v) is 7.08. The lowest BCUT2D eigenvalue weighted by Gasteiger charge is -2.58. The summed E-state index contributed by atoms with van der Waals surface area (Å²) in [5.41, 5.74) is 0.688. The highest BCUT2D eigenvalue weighted by atomic mass is 16.1. The van der Waals surface area contributed by atoms with Crippen molar-refractivity contribution in [2.24, 2.45) is 34.5 Å². The third-order valence-electron chi connectivity index (χ3n) is 8.24. The monoisotopic (exact) mass is 274 g/mol. The number of fused-ring (bicyclic) bond motifs is 5. The van der Waals surface area contributed by atoms with Gasteiger partial charge in [0.25, 0.3) is 0 Å². The molecule has 6 atom stereocenters. The van der Waals surface area contributed by atoms with Crippen LogP contribution in [0.4, 0.5) is 0 Å². The van der Waals surface area contributed by atoms with Gasteiger partial charge in [-0.2, -0.15) is 0 Å². The second-order valence-corrected chi connectivity index (χ2v) is 8.83. The predicted molar refractivity (Wildman–Crippen MR) is 81.4 cm³/mol. The van der Waals surface area contributed by atoms with Crippen LogP contribution < -0.4 is 0 Å². The molecule has 6 unspecified atom stereocenters. The Hall–Kier alpha value is -0.330. The summed E-state index contributed by atoms with van der Waals surface area (Å²) < 4.78 is 0. The van der Waals surface area contributed by atoms with E-state index in [0.717, 1.165) is 36.5 Å². The molecular formula is C19H30O. The average Bonchev–Trinajstić information content (AvgIpc) is 2.82. The molecule has 0 heterocycles. The zero-order valence-electron chi connectivity index (χ0n) is 13.3. The molecule has 0 bridgehead atoms. The van der Waals surface area contributed by atoms with Gasteiger partial charge in [0.1, 0.15) is 5.78 Å². The number of hydrogen-bond acceptors (Lipinski definition) is 1. The first kappa shape index (κ1) is 13.3. The van der Waals surface area contributed by atoms with E-state index in [9.17, 15) is 4.79 Å². The molecule has 0 amide bonds. The van der Waals surface area contributed by atoms with Crippen molar-refractivity contribution in [1.29, 1.82) is 0 Å². The van der Waals surface area contributed by atoms with Gasteiger partial charge in [0.2, 0.25) is 0 Å². The molecule has 0 saturated heterocycles. The Morgan fingerprint density at radius 3 is 2.60 bits per heavy atom. The van der Waals surface area contributed by atoms with E-state index in [2.05, 4.69) is 13.8 Å². The Morgan fingerprint density at radius 2 is 1.75 bits per heavy atom. The van der Waals surface area contributed by atoms with Crippen LogP contribution in [0.3, 0.4) is 0 Å². The number of rotatable bonds is 0. The van der Waals surface area contributed by atoms with E-state index < -0.39 is 0 Å². The smallest absolute Gasteiger partial charge is 0.139 e. The fraction of sp³-hybridized carbons (Fsp3) is 0.947. The molecule has 4 rings (SSSR count). The van der Waals surface area contributed by atoms with E-state index in [0.29, 0.717) is 11.2 Å². The molecule has 0 aromatic heterocycles. The fourth-order valence-electron chi connectivity index (χ4n) is 7.08. The predicted octanol–water partition coefficient (Wildman–Crippen LogP) is 4.99. The normalized spacial score (nSPS) is 55.0. The van der Waals surface area contributed by atoms with Crippen molar-refractivity contribution < 1.29 is 4.79 Å². The van der Waals surface area contributed by atoms with E-state index in [1.54, 1.807) is 0 Å². The number of hydrogen-bond donors (Lipinski definition) is 0. The highest BCUT2D eigenvalue weighted by Crippen LogP contribution is 2.65. The third-order valence-corrected chi connectivity index (χ3v) is 8.24. The minimum atomic E-state index is 0.0606. The summed E-state index contributed by atoms with van der Waals surface area (Å²) in [7, 11) is 0. The average molecular weight is 274 g/mol. The maximum absolute atomic E-state index is 12.8. The molecule has 4 fully saturated rings. The van der Waals surface area contributed by atoms with Gasteiger partial charge in [-0.05, 0) is 80.5 Å². The summed E-state index contributed by atoms with van der Waals surface area (Å²) in [5.74, 6) is 3.89. The van der Waals surface area contributed by atoms with Gasteiger partial charge in [0.15, 0.2) is 0 Å². The lowest BCUT2D eigenvalue weighted by atomic mass is 9.45. The molecule has 0 aromatic carbocycles. The lowest BCUT2D eigenvalue weighted by molar-refractivity contribution is -0.154. The summed E-state index contributed by atoms with van der Waals surface area (Å²) >= 11 is 0. The number of Topliss-reactive ketones (excluding diaryl/α,β-unsaturated/α-hetero) is 1. The lowest BCUT2D eigenvalue weighted by Crippen LogP contribution is -2.55. The molecule has 4 aliphatic carbocycles. The van der Waals surface area contributed by atoms with Gasteiger partial charge >= 0.3 is 0 Å². The molecule has 20 heavy (non-hydrogen) atoms. The van der Waals surface area contributed by atoms with E-state index in [1.807, 2.05) is 0 Å². The van der Waals surface area contributed by atoms with Crippen LogP contribution in [0.2, 0.25) is 0 Å². The van der Waals surface area contributed by atoms with Gasteiger partial charge in [-0.3, -0.25) is 4.79 Å². The summed E-state index contributed by atoms with van der Waals surface area (Å²) in [5, 5.41) is 0. The molecule has 4 aliphatic rings. The molecule has 0 N–H and O–H groups in total. The van der Waals surface area contributed by atoms with Crippen molar-refractivity contribution in [3.05, 3.63) is 0 Å². The highest BCUT2D eigenvalue weighted by molar-refractivity contribution is 5.86. The second-order valence-electron chi connectivity index (χ2n) is 8.83. The molecular weight excluding hydrogens is 244 g/mol. The highest BCUT2D eigenvalue weighted by Gasteiger charge is 2.59. The Morgan fingerprint density at radius 1 is 0.900 bits per heavy atom. The first-order chi connectivity index (χ1) is 9.56. The van der Waals surface area contributed by atoms with Gasteiger partial charge in [0, 0.05) is 11.8 Å². The largest absolute Gasteiger partial charge is 0.299 e. The van der Waals surface area contributed by atoms with Crippen LogP contribution in [-0.2, 0) is 4.79 Å². The van der Waals surface area contributed by atoms with Crippen LogP contribution in [-0.4, -0.2) is 5.78 Å². The van der Waals surface area contributed by atoms with Gasteiger partial charge in [-0.25, -0.2) is 0 Å². The van der Waals surface area contributed by atoms with E-state index >= 15 is 0 Å². The van der Waals surface area contributed by atoms with Gasteiger partial charge < -0.3 is 0 Å². The maximum atomic E-state index is 12.8. The molecule has 0 aliphatic heterocycles. The Balaban J connectivity index is 1.69. The van der Waals surface area contributed by atoms with Gasteiger partial charge in [-0.15, -0.1) is 0 Å². The number of carbonyl (C=O) groups excluding carboxylic acids is 1. The van der Waals surface area contributed by atoms with Crippen LogP contribution in [0.1, 0.15) is 78.1 Å². The SMILES string of the molecule is CC12CCCC1C1CCC3CCCC(=O)C3(C)C1CC2. The van der Waals surface area contributed by atoms with Crippen LogP contribution in [0.15, 0.2) is 0 Å². The van der Waals surface area contributed by atoms with Crippen LogP contribution >= 0.6 is 0 Å². The molecule has 1 heteroatoms. The zero-order chi connectivity index (χ0) is 14.0. The molecule has 0 aromatic rings. The quantitative estimate of drug-likeness (QED) is 0.608. The molecule has 1 nitrogen and oxygen atoms in total. The molecule has 0 radical (unpaired) electrons. The Kier molecular flexibility index (Phi) is 2.89. The first-order valence-corrected chi connectivity index (χ1v) is 9.09. The summed E-state index contributed by atoms with van der Waals surface area (Å²) in [6, 6.07) is 0. The van der Waals surface area contributed by atoms with Crippen molar-refractivity contribution in [3.8, 4) is 0 Å². The Bertz CT molecular complexity index is 427. The second kappa shape index (κ2) is 4.34. The molecule has 0 spiro atoms. The van der Waals surface area contributed by atoms with Crippen molar-refractivity contribution in [2.45, 2.75) is 78.1 Å². The van der Waals surface area contributed by atoms with Crippen molar-refractivity contribution in [1.82, 2.24) is 0 Å². The van der Waals surface area contributed by atoms with E-state index in [4.69, 9.17) is 0 Å². The van der Waals surface area contributed by atoms with Gasteiger partial charge in [-0.1, -0.05) is 20.3 Å².